The van der Waals surface area contributed by atoms with Gasteiger partial charge in [0.1, 0.15) is 5.60 Å². The number of amides is 1. The second-order valence-electron chi connectivity index (χ2n) is 13.5. The fraction of sp³-hybridized carbons (Fsp3) is 0.958. The van der Waals surface area contributed by atoms with Crippen molar-refractivity contribution in [3.63, 3.8) is 0 Å². The summed E-state index contributed by atoms with van der Waals surface area (Å²) in [4.78, 5) is 16.1. The third-order valence-electron chi connectivity index (χ3n) is 6.77. The first-order valence-corrected chi connectivity index (χ1v) is 17.3. The number of carbonyl (C=O) groups is 1. The minimum absolute atomic E-state index is 0.163. The van der Waals surface area contributed by atoms with Gasteiger partial charge in [-0.1, -0.05) is 46.7 Å². The molecular formula is C24H48N4O6SSi. The molecule has 12 heteroatoms. The Kier molecular flexibility index (Phi) is 10.5. The van der Waals surface area contributed by atoms with Crippen LogP contribution < -0.4 is 5.32 Å². The van der Waals surface area contributed by atoms with Crippen LogP contribution in [0.3, 0.4) is 0 Å². The third kappa shape index (κ3) is 10.6. The number of nitrogens with one attached hydrogen (secondary N) is 1. The summed E-state index contributed by atoms with van der Waals surface area (Å²) >= 11 is 0. The quantitative estimate of drug-likeness (QED) is 0.110. The summed E-state index contributed by atoms with van der Waals surface area (Å²) in [5.41, 5.74) is 8.30. The van der Waals surface area contributed by atoms with E-state index in [9.17, 15) is 18.7 Å². The van der Waals surface area contributed by atoms with E-state index < -0.39 is 53.7 Å². The molecule has 4 atom stereocenters. The van der Waals surface area contributed by atoms with Crippen molar-refractivity contribution in [1.82, 2.24) is 5.32 Å². The number of rotatable bonds is 11. The molecule has 0 saturated heterocycles. The lowest BCUT2D eigenvalue weighted by atomic mass is 9.73. The zero-order chi connectivity index (χ0) is 28.3. The van der Waals surface area contributed by atoms with Gasteiger partial charge in [0.25, 0.3) is 10.1 Å². The highest BCUT2D eigenvalue weighted by Crippen LogP contribution is 2.49. The van der Waals surface area contributed by atoms with Crippen LogP contribution in [-0.2, 0) is 23.5 Å². The van der Waals surface area contributed by atoms with Crippen molar-refractivity contribution in [1.29, 1.82) is 0 Å². The Bertz CT molecular complexity index is 910. The molecule has 0 aromatic carbocycles. The highest BCUT2D eigenvalue weighted by molar-refractivity contribution is 7.85. The van der Waals surface area contributed by atoms with Crippen molar-refractivity contribution in [2.24, 2.45) is 22.4 Å². The molecule has 1 rings (SSSR count). The molecule has 0 spiro atoms. The van der Waals surface area contributed by atoms with Gasteiger partial charge in [-0.3, -0.25) is 4.18 Å². The predicted octanol–water partition coefficient (Wildman–Crippen LogP) is 6.00. The average molecular weight is 549 g/mol. The van der Waals surface area contributed by atoms with Gasteiger partial charge >= 0.3 is 6.09 Å². The van der Waals surface area contributed by atoms with Crippen molar-refractivity contribution >= 4 is 24.5 Å². The molecule has 0 aromatic rings. The summed E-state index contributed by atoms with van der Waals surface area (Å²) < 4.78 is 41.6. The van der Waals surface area contributed by atoms with E-state index in [1.54, 1.807) is 20.8 Å². The molecule has 10 nitrogen and oxygen atoms in total. The number of hydrogen-bond acceptors (Lipinski definition) is 7. The molecule has 1 fully saturated rings. The first-order valence-electron chi connectivity index (χ1n) is 12.5. The largest absolute Gasteiger partial charge is 0.444 e. The van der Waals surface area contributed by atoms with E-state index >= 15 is 0 Å². The molecule has 0 aromatic heterocycles. The van der Waals surface area contributed by atoms with Gasteiger partial charge in [0, 0.05) is 11.0 Å². The van der Waals surface area contributed by atoms with E-state index in [-0.39, 0.29) is 23.5 Å². The highest BCUT2D eigenvalue weighted by Gasteiger charge is 2.51. The van der Waals surface area contributed by atoms with Crippen LogP contribution in [0.5, 0.6) is 0 Å². The molecule has 1 aliphatic rings. The topological polar surface area (TPSA) is 140 Å². The summed E-state index contributed by atoms with van der Waals surface area (Å²) in [7, 11) is -6.25. The zero-order valence-corrected chi connectivity index (χ0v) is 26.0. The number of azide groups is 1. The van der Waals surface area contributed by atoms with Crippen LogP contribution in [0.4, 0.5) is 4.79 Å². The normalized spacial score (nSPS) is 19.0. The van der Waals surface area contributed by atoms with Crippen molar-refractivity contribution in [2.75, 3.05) is 12.9 Å². The van der Waals surface area contributed by atoms with Gasteiger partial charge in [-0.15, -0.1) is 0 Å². The lowest BCUT2D eigenvalue weighted by Crippen LogP contribution is -2.59. The molecule has 0 heterocycles. The molecule has 1 N–H and O–H groups in total. The molecule has 36 heavy (non-hydrogen) atoms. The first kappa shape index (κ1) is 32.7. The molecule has 1 unspecified atom stereocenters. The minimum Gasteiger partial charge on any atom is -0.444 e. The van der Waals surface area contributed by atoms with Gasteiger partial charge in [0.2, 0.25) is 0 Å². The van der Waals surface area contributed by atoms with Crippen LogP contribution in [0.25, 0.3) is 10.4 Å². The van der Waals surface area contributed by atoms with Gasteiger partial charge in [-0.05, 0) is 74.5 Å². The van der Waals surface area contributed by atoms with Gasteiger partial charge in [0.05, 0.1) is 25.0 Å². The summed E-state index contributed by atoms with van der Waals surface area (Å²) in [5.74, 6) is -0.0613. The second-order valence-corrected chi connectivity index (χ2v) is 19.9. The Morgan fingerprint density at radius 3 is 2.00 bits per heavy atom. The molecule has 1 aliphatic carbocycles. The van der Waals surface area contributed by atoms with Gasteiger partial charge in [0.15, 0.2) is 8.32 Å². The molecule has 1 saturated carbocycles. The number of carbonyl (C=O) groups excluding carboxylic acids is 1. The smallest absolute Gasteiger partial charge is 0.408 e. The van der Waals surface area contributed by atoms with E-state index in [4.69, 9.17) is 13.3 Å². The van der Waals surface area contributed by atoms with E-state index in [1.165, 1.54) is 0 Å². The van der Waals surface area contributed by atoms with Crippen molar-refractivity contribution in [2.45, 2.75) is 117 Å². The molecular weight excluding hydrogens is 500 g/mol. The third-order valence-corrected chi connectivity index (χ3v) is 11.8. The van der Waals surface area contributed by atoms with Gasteiger partial charge in [-0.25, -0.2) is 4.79 Å². The Labute approximate surface area is 219 Å². The van der Waals surface area contributed by atoms with Gasteiger partial charge in [-0.2, -0.15) is 8.42 Å². The van der Waals surface area contributed by atoms with E-state index in [0.29, 0.717) is 0 Å². The molecule has 0 aliphatic heterocycles. The number of ether oxygens (including phenoxy) is 1. The van der Waals surface area contributed by atoms with E-state index in [2.05, 4.69) is 49.2 Å². The second kappa shape index (κ2) is 11.6. The van der Waals surface area contributed by atoms with Crippen molar-refractivity contribution in [3.8, 4) is 0 Å². The fourth-order valence-corrected chi connectivity index (χ4v) is 5.64. The molecule has 0 bridgehead atoms. The molecule has 210 valence electrons. The maximum absolute atomic E-state index is 12.9. The van der Waals surface area contributed by atoms with Crippen LogP contribution in [-0.4, -0.2) is 59.5 Å². The maximum Gasteiger partial charge on any atom is 0.408 e. The Morgan fingerprint density at radius 1 is 1.11 bits per heavy atom. The zero-order valence-electron chi connectivity index (χ0n) is 24.2. The Balaban J connectivity index is 3.68. The van der Waals surface area contributed by atoms with Crippen LogP contribution >= 0.6 is 0 Å². The van der Waals surface area contributed by atoms with Crippen LogP contribution in [0.1, 0.15) is 75.2 Å². The summed E-state index contributed by atoms with van der Waals surface area (Å²) in [6, 6.07) is -1.31. The van der Waals surface area contributed by atoms with E-state index in [0.717, 1.165) is 19.1 Å². The van der Waals surface area contributed by atoms with Crippen molar-refractivity contribution < 1.29 is 26.6 Å². The summed E-state index contributed by atoms with van der Waals surface area (Å²) in [6.45, 7) is 21.5. The van der Waals surface area contributed by atoms with E-state index in [1.807, 2.05) is 20.8 Å². The molecule has 0 radical (unpaired) electrons. The maximum atomic E-state index is 12.9. The predicted molar refractivity (Wildman–Crippen MR) is 145 cm³/mol. The lowest BCUT2D eigenvalue weighted by molar-refractivity contribution is 0.00809. The van der Waals surface area contributed by atoms with Crippen LogP contribution in [0, 0.1) is 17.3 Å². The number of nitrogens with zero attached hydrogens (tertiary/aromatic N) is 3. The van der Waals surface area contributed by atoms with Crippen LogP contribution in [0.2, 0.25) is 18.1 Å². The molecule has 1 amide bonds. The van der Waals surface area contributed by atoms with Crippen molar-refractivity contribution in [3.05, 3.63) is 10.4 Å². The van der Waals surface area contributed by atoms with Gasteiger partial charge < -0.3 is 14.5 Å². The lowest BCUT2D eigenvalue weighted by Gasteiger charge is -2.47. The Hall–Kier alpha value is -1.33. The monoisotopic (exact) mass is 548 g/mol. The standard InChI is InChI=1S/C24H48N4O6SSi/c1-22(2,3)20(27-28-25)18(16-13-14-16)19(34-36(11,12)24(7,8)9)17(15-32-35(10,30)31)26-21(29)33-23(4,5)6/h16-20H,13-15H2,1-12H3,(H,26,29)/t17-,18-,19+,20?/m1/s1. The number of hydrogen-bond donors (Lipinski definition) is 1. The van der Waals surface area contributed by atoms with Crippen LogP contribution in [0.15, 0.2) is 5.11 Å². The Morgan fingerprint density at radius 2 is 1.64 bits per heavy atom. The average Bonchev–Trinajstić information content (AvgIpc) is 3.44. The summed E-state index contributed by atoms with van der Waals surface area (Å²) in [5, 5.41) is 6.89. The first-order chi connectivity index (χ1) is 16.0. The summed E-state index contributed by atoms with van der Waals surface area (Å²) in [6.07, 6.45) is 1.47. The minimum atomic E-state index is -3.80. The SMILES string of the molecule is CC(C)(C)OC(=O)N[C@H](COS(C)(=O)=O)[C@H](O[Si](C)(C)C(C)(C)C)[C@@H](C1CC1)C(N=[N+]=[N-])C(C)(C)C. The fourth-order valence-electron chi connectivity index (χ4n) is 3.89. The number of alkyl carbamates (subject to hydrolysis) is 1. The highest BCUT2D eigenvalue weighted by atomic mass is 32.2.